The number of rotatable bonds is 8. The van der Waals surface area contributed by atoms with Gasteiger partial charge in [0.1, 0.15) is 12.7 Å². The fourth-order valence-corrected chi connectivity index (χ4v) is 1.72. The molecule has 1 rings (SSSR count). The van der Waals surface area contributed by atoms with E-state index in [0.717, 1.165) is 0 Å². The zero-order valence-electron chi connectivity index (χ0n) is 12.5. The maximum absolute atomic E-state index is 11.5. The maximum atomic E-state index is 11.5. The van der Waals surface area contributed by atoms with E-state index in [-0.39, 0.29) is 12.8 Å². The minimum Gasteiger partial charge on any atom is -0.505 e. The van der Waals surface area contributed by atoms with Crippen molar-refractivity contribution in [1.82, 2.24) is 0 Å². The fraction of sp³-hybridized carbons (Fsp3) is 0.643. The molecule has 8 nitrogen and oxygen atoms in total. The highest BCUT2D eigenvalue weighted by molar-refractivity contribution is 5.92. The molecule has 0 saturated carbocycles. The summed E-state index contributed by atoms with van der Waals surface area (Å²) in [5.74, 6) is -3.57. The Hall–Kier alpha value is -2.09. The number of ether oxygens (including phenoxy) is 3. The summed E-state index contributed by atoms with van der Waals surface area (Å²) >= 11 is 0. The van der Waals surface area contributed by atoms with Crippen molar-refractivity contribution in [2.24, 2.45) is 0 Å². The number of cyclic esters (lactones) is 1. The second-order valence-electron chi connectivity index (χ2n) is 4.76. The van der Waals surface area contributed by atoms with Gasteiger partial charge in [-0.05, 0) is 12.8 Å². The molecule has 0 fully saturated rings. The molecule has 1 heterocycles. The lowest BCUT2D eigenvalue weighted by Gasteiger charge is -2.16. The van der Waals surface area contributed by atoms with Gasteiger partial charge in [-0.2, -0.15) is 0 Å². The van der Waals surface area contributed by atoms with E-state index < -0.39 is 48.2 Å². The van der Waals surface area contributed by atoms with Crippen LogP contribution in [0.3, 0.4) is 0 Å². The van der Waals surface area contributed by atoms with Gasteiger partial charge in [-0.3, -0.25) is 9.59 Å². The number of esters is 3. The molecule has 2 N–H and O–H groups in total. The van der Waals surface area contributed by atoms with E-state index in [1.54, 1.807) is 13.8 Å². The van der Waals surface area contributed by atoms with Crippen molar-refractivity contribution in [3.05, 3.63) is 11.5 Å². The lowest BCUT2D eigenvalue weighted by molar-refractivity contribution is -0.157. The number of carbonyl (C=O) groups excluding carboxylic acids is 3. The number of hydrogen-bond donors (Lipinski definition) is 2. The summed E-state index contributed by atoms with van der Waals surface area (Å²) in [6.07, 6.45) is -1.50. The standard InChI is InChI=1S/C14H20O8/c1-3-5-9(16)20-7-8(15)12-11(18)13(14(19)22-12)21-10(17)6-4-2/h8,12,15,18H,3-7H2,1-2H3. The van der Waals surface area contributed by atoms with E-state index in [2.05, 4.69) is 0 Å². The predicted molar refractivity (Wildman–Crippen MR) is 72.4 cm³/mol. The first kappa shape index (κ1) is 18.0. The zero-order chi connectivity index (χ0) is 16.7. The van der Waals surface area contributed by atoms with Gasteiger partial charge in [0.2, 0.25) is 0 Å². The molecule has 124 valence electrons. The third kappa shape index (κ3) is 4.73. The van der Waals surface area contributed by atoms with Gasteiger partial charge in [0.25, 0.3) is 5.76 Å². The van der Waals surface area contributed by atoms with Crippen molar-refractivity contribution in [2.75, 3.05) is 6.61 Å². The van der Waals surface area contributed by atoms with Crippen molar-refractivity contribution in [3.8, 4) is 0 Å². The van der Waals surface area contributed by atoms with Gasteiger partial charge in [-0.1, -0.05) is 13.8 Å². The molecule has 1 aliphatic heterocycles. The molecule has 2 atom stereocenters. The number of aliphatic hydroxyl groups is 2. The Bertz CT molecular complexity index is 467. The monoisotopic (exact) mass is 316 g/mol. The molecule has 0 saturated heterocycles. The molecule has 0 aromatic carbocycles. The van der Waals surface area contributed by atoms with Crippen molar-refractivity contribution in [3.63, 3.8) is 0 Å². The Labute approximate surface area is 127 Å². The molecule has 0 amide bonds. The van der Waals surface area contributed by atoms with Crippen molar-refractivity contribution < 1.29 is 38.8 Å². The molecule has 2 unspecified atom stereocenters. The van der Waals surface area contributed by atoms with Gasteiger partial charge >= 0.3 is 17.9 Å². The first-order valence-electron chi connectivity index (χ1n) is 7.09. The van der Waals surface area contributed by atoms with Crippen LogP contribution in [-0.2, 0) is 28.6 Å². The van der Waals surface area contributed by atoms with Crippen molar-refractivity contribution >= 4 is 17.9 Å². The third-order valence-corrected chi connectivity index (χ3v) is 2.81. The SMILES string of the molecule is CCCC(=O)OCC(O)C1OC(=O)C(OC(=O)CCC)=C1O. The summed E-state index contributed by atoms with van der Waals surface area (Å²) in [6, 6.07) is 0. The van der Waals surface area contributed by atoms with Gasteiger partial charge in [-0.25, -0.2) is 4.79 Å². The van der Waals surface area contributed by atoms with E-state index in [1.165, 1.54) is 0 Å². The van der Waals surface area contributed by atoms with Gasteiger partial charge in [0.15, 0.2) is 11.9 Å². The van der Waals surface area contributed by atoms with E-state index in [9.17, 15) is 24.6 Å². The average molecular weight is 316 g/mol. The number of carbonyl (C=O) groups is 3. The van der Waals surface area contributed by atoms with Crippen LogP contribution >= 0.6 is 0 Å². The molecule has 1 aliphatic rings. The minimum atomic E-state index is -1.45. The van der Waals surface area contributed by atoms with Crippen LogP contribution in [-0.4, -0.2) is 46.9 Å². The molecule has 0 aromatic heterocycles. The van der Waals surface area contributed by atoms with Crippen LogP contribution in [0.2, 0.25) is 0 Å². The Morgan fingerprint density at radius 1 is 1.23 bits per heavy atom. The molecule has 22 heavy (non-hydrogen) atoms. The quantitative estimate of drug-likeness (QED) is 0.497. The minimum absolute atomic E-state index is 0.0753. The molecule has 0 spiro atoms. The van der Waals surface area contributed by atoms with E-state index in [1.807, 2.05) is 0 Å². The molecule has 0 bridgehead atoms. The fourth-order valence-electron chi connectivity index (χ4n) is 1.72. The Morgan fingerprint density at radius 3 is 2.41 bits per heavy atom. The van der Waals surface area contributed by atoms with Crippen LogP contribution in [0.1, 0.15) is 39.5 Å². The molecule has 0 aromatic rings. The van der Waals surface area contributed by atoms with Crippen molar-refractivity contribution in [1.29, 1.82) is 0 Å². The Balaban J connectivity index is 2.64. The van der Waals surface area contributed by atoms with Gasteiger partial charge in [-0.15, -0.1) is 0 Å². The second-order valence-corrected chi connectivity index (χ2v) is 4.76. The number of hydrogen-bond acceptors (Lipinski definition) is 8. The molecule has 0 radical (unpaired) electrons. The predicted octanol–water partition coefficient (Wildman–Crippen LogP) is 0.729. The van der Waals surface area contributed by atoms with E-state index in [0.29, 0.717) is 12.8 Å². The van der Waals surface area contributed by atoms with Gasteiger partial charge < -0.3 is 24.4 Å². The topological polar surface area (TPSA) is 119 Å². The van der Waals surface area contributed by atoms with Crippen LogP contribution in [0.25, 0.3) is 0 Å². The van der Waals surface area contributed by atoms with Crippen LogP contribution in [0.4, 0.5) is 0 Å². The second kappa shape index (κ2) is 8.38. The molecular formula is C14H20O8. The van der Waals surface area contributed by atoms with Gasteiger partial charge in [0, 0.05) is 12.8 Å². The summed E-state index contributed by atoms with van der Waals surface area (Å²) < 4.78 is 14.2. The summed E-state index contributed by atoms with van der Waals surface area (Å²) in [4.78, 5) is 34.1. The third-order valence-electron chi connectivity index (χ3n) is 2.81. The lowest BCUT2D eigenvalue weighted by atomic mass is 10.2. The summed E-state index contributed by atoms with van der Waals surface area (Å²) in [5, 5.41) is 19.7. The van der Waals surface area contributed by atoms with Gasteiger partial charge in [0.05, 0.1) is 0 Å². The summed E-state index contributed by atoms with van der Waals surface area (Å²) in [7, 11) is 0. The van der Waals surface area contributed by atoms with Crippen LogP contribution in [0.5, 0.6) is 0 Å². The van der Waals surface area contributed by atoms with E-state index in [4.69, 9.17) is 14.2 Å². The van der Waals surface area contributed by atoms with E-state index >= 15 is 0 Å². The van der Waals surface area contributed by atoms with Crippen LogP contribution in [0, 0.1) is 0 Å². The van der Waals surface area contributed by atoms with Crippen molar-refractivity contribution in [2.45, 2.75) is 51.7 Å². The average Bonchev–Trinajstić information content (AvgIpc) is 2.73. The molecular weight excluding hydrogens is 296 g/mol. The summed E-state index contributed by atoms with van der Waals surface area (Å²) in [6.45, 7) is 3.10. The first-order valence-corrected chi connectivity index (χ1v) is 7.09. The van der Waals surface area contributed by atoms with Crippen LogP contribution in [0.15, 0.2) is 11.5 Å². The Kier molecular flexibility index (Phi) is 6.84. The normalized spacial score (nSPS) is 18.9. The number of aliphatic hydroxyl groups excluding tert-OH is 2. The van der Waals surface area contributed by atoms with Crippen LogP contribution < -0.4 is 0 Å². The highest BCUT2D eigenvalue weighted by Gasteiger charge is 2.41. The lowest BCUT2D eigenvalue weighted by Crippen LogP contribution is -2.33. The maximum Gasteiger partial charge on any atom is 0.378 e. The summed E-state index contributed by atoms with van der Waals surface area (Å²) in [5.41, 5.74) is 0. The highest BCUT2D eigenvalue weighted by atomic mass is 16.6. The molecule has 8 heteroatoms. The largest absolute Gasteiger partial charge is 0.505 e. The zero-order valence-corrected chi connectivity index (χ0v) is 12.5. The highest BCUT2D eigenvalue weighted by Crippen LogP contribution is 2.25. The first-order chi connectivity index (χ1) is 10.4. The Morgan fingerprint density at radius 2 is 1.82 bits per heavy atom. The smallest absolute Gasteiger partial charge is 0.378 e. The molecule has 0 aliphatic carbocycles.